The molecule has 1 N–H and O–H groups in total. The van der Waals surface area contributed by atoms with Crippen molar-refractivity contribution in [3.63, 3.8) is 0 Å². The Morgan fingerprint density at radius 3 is 2.48 bits per heavy atom. The summed E-state index contributed by atoms with van der Waals surface area (Å²) in [6.45, 7) is 3.97. The molecule has 1 atom stereocenters. The van der Waals surface area contributed by atoms with E-state index in [1.807, 2.05) is 36.1 Å². The Hall–Kier alpha value is -2.19. The molecule has 0 aliphatic carbocycles. The highest BCUT2D eigenvalue weighted by atomic mass is 79.9. The summed E-state index contributed by atoms with van der Waals surface area (Å²) in [5, 5.41) is 2.96. The maximum atomic E-state index is 13.0. The number of rotatable bonds is 4. The lowest BCUT2D eigenvalue weighted by Crippen LogP contribution is -2.36. The van der Waals surface area contributed by atoms with E-state index in [0.29, 0.717) is 17.0 Å². The van der Waals surface area contributed by atoms with Gasteiger partial charge in [-0.05, 0) is 71.6 Å². The van der Waals surface area contributed by atoms with Gasteiger partial charge in [0.25, 0.3) is 11.8 Å². The Labute approximate surface area is 194 Å². The lowest BCUT2D eigenvalue weighted by atomic mass is 10.1. The molecule has 0 spiro atoms. The van der Waals surface area contributed by atoms with Gasteiger partial charge in [-0.1, -0.05) is 12.8 Å². The van der Waals surface area contributed by atoms with Crippen LogP contribution in [0.3, 0.4) is 0 Å². The molecule has 2 fully saturated rings. The van der Waals surface area contributed by atoms with E-state index >= 15 is 0 Å². The zero-order valence-corrected chi connectivity index (χ0v) is 19.9. The van der Waals surface area contributed by atoms with Crippen LogP contribution in [0.15, 0.2) is 34.1 Å². The van der Waals surface area contributed by atoms with Crippen molar-refractivity contribution in [1.29, 1.82) is 0 Å². The third kappa shape index (κ3) is 5.01. The fourth-order valence-electron chi connectivity index (χ4n) is 4.25. The monoisotopic (exact) mass is 503 g/mol. The van der Waals surface area contributed by atoms with Gasteiger partial charge >= 0.3 is 0 Å². The third-order valence-corrected chi connectivity index (χ3v) is 7.53. The standard InChI is InChI=1S/C23H26BrN3O3S/c1-15-12-17(6-7-18(15)23(30)26-10-4-2-3-5-11-26)27-14-16(13-21(27)28)25-22(29)19-8-9-20(24)31-19/h6-9,12,16H,2-5,10-11,13-14H2,1H3,(H,25,29). The number of amides is 3. The van der Waals surface area contributed by atoms with E-state index < -0.39 is 0 Å². The van der Waals surface area contributed by atoms with Crippen LogP contribution in [0.5, 0.6) is 0 Å². The molecule has 0 saturated carbocycles. The Morgan fingerprint density at radius 2 is 1.84 bits per heavy atom. The number of benzene rings is 1. The van der Waals surface area contributed by atoms with Gasteiger partial charge in [-0.3, -0.25) is 14.4 Å². The summed E-state index contributed by atoms with van der Waals surface area (Å²) in [6, 6.07) is 8.95. The largest absolute Gasteiger partial charge is 0.346 e. The van der Waals surface area contributed by atoms with Gasteiger partial charge < -0.3 is 15.1 Å². The molecule has 1 unspecified atom stereocenters. The van der Waals surface area contributed by atoms with Crippen molar-refractivity contribution in [2.24, 2.45) is 0 Å². The predicted octanol–water partition coefficient (Wildman–Crippen LogP) is 4.37. The number of hydrogen-bond donors (Lipinski definition) is 1. The van der Waals surface area contributed by atoms with Crippen molar-refractivity contribution in [2.75, 3.05) is 24.5 Å². The Bertz CT molecular complexity index is 998. The number of aryl methyl sites for hydroxylation is 1. The van der Waals surface area contributed by atoms with E-state index in [4.69, 9.17) is 0 Å². The maximum absolute atomic E-state index is 13.0. The second kappa shape index (κ2) is 9.53. The smallest absolute Gasteiger partial charge is 0.261 e. The van der Waals surface area contributed by atoms with Gasteiger partial charge in [-0.25, -0.2) is 0 Å². The number of likely N-dealkylation sites (tertiary alicyclic amines) is 1. The molecular formula is C23H26BrN3O3S. The number of carbonyl (C=O) groups is 3. The molecule has 1 aromatic heterocycles. The fourth-order valence-corrected chi connectivity index (χ4v) is 5.54. The molecule has 6 nitrogen and oxygen atoms in total. The molecule has 1 aromatic carbocycles. The van der Waals surface area contributed by atoms with E-state index in [9.17, 15) is 14.4 Å². The summed E-state index contributed by atoms with van der Waals surface area (Å²) in [5.74, 6) is -0.112. The number of thiophene rings is 1. The van der Waals surface area contributed by atoms with Crippen LogP contribution in [-0.2, 0) is 4.79 Å². The molecule has 4 rings (SSSR count). The Kier molecular flexibility index (Phi) is 6.77. The average Bonchev–Trinajstić information content (AvgIpc) is 3.22. The van der Waals surface area contributed by atoms with Crippen LogP contribution in [0.2, 0.25) is 0 Å². The summed E-state index contributed by atoms with van der Waals surface area (Å²) in [5.41, 5.74) is 2.34. The summed E-state index contributed by atoms with van der Waals surface area (Å²) < 4.78 is 0.895. The number of nitrogens with one attached hydrogen (secondary N) is 1. The number of carbonyl (C=O) groups excluding carboxylic acids is 3. The minimum absolute atomic E-state index is 0.0244. The first-order valence-electron chi connectivity index (χ1n) is 10.7. The maximum Gasteiger partial charge on any atom is 0.261 e. The second-order valence-corrected chi connectivity index (χ2v) is 10.7. The Balaban J connectivity index is 1.43. The Morgan fingerprint density at radius 1 is 1.10 bits per heavy atom. The zero-order valence-electron chi connectivity index (χ0n) is 17.5. The molecule has 3 amide bonds. The summed E-state index contributed by atoms with van der Waals surface area (Å²) in [6.07, 6.45) is 4.74. The first-order chi connectivity index (χ1) is 14.9. The molecule has 8 heteroatoms. The van der Waals surface area contributed by atoms with Gasteiger partial charge in [0.1, 0.15) is 0 Å². The molecule has 164 valence electrons. The van der Waals surface area contributed by atoms with E-state index in [2.05, 4.69) is 21.2 Å². The molecule has 31 heavy (non-hydrogen) atoms. The predicted molar refractivity (Wildman–Crippen MR) is 126 cm³/mol. The number of nitrogens with zero attached hydrogens (tertiary/aromatic N) is 2. The van der Waals surface area contributed by atoms with Crippen LogP contribution in [0.1, 0.15) is 57.7 Å². The summed E-state index contributed by atoms with van der Waals surface area (Å²) >= 11 is 4.73. The topological polar surface area (TPSA) is 69.7 Å². The lowest BCUT2D eigenvalue weighted by Gasteiger charge is -2.23. The van der Waals surface area contributed by atoms with Crippen LogP contribution < -0.4 is 10.2 Å². The van der Waals surface area contributed by atoms with E-state index in [1.54, 1.807) is 11.0 Å². The molecule has 2 aliphatic rings. The average molecular weight is 504 g/mol. The van der Waals surface area contributed by atoms with Crippen LogP contribution >= 0.6 is 27.3 Å². The van der Waals surface area contributed by atoms with Gasteiger partial charge in [-0.15, -0.1) is 11.3 Å². The van der Waals surface area contributed by atoms with Crippen molar-refractivity contribution in [1.82, 2.24) is 10.2 Å². The van der Waals surface area contributed by atoms with Gasteiger partial charge in [0, 0.05) is 37.3 Å². The molecule has 0 radical (unpaired) electrons. The van der Waals surface area contributed by atoms with Crippen molar-refractivity contribution in [3.8, 4) is 0 Å². The highest BCUT2D eigenvalue weighted by molar-refractivity contribution is 9.11. The number of anilines is 1. The molecule has 0 bridgehead atoms. The number of halogens is 1. The van der Waals surface area contributed by atoms with Crippen LogP contribution in [-0.4, -0.2) is 48.3 Å². The molecule has 3 heterocycles. The SMILES string of the molecule is Cc1cc(N2CC(NC(=O)c3ccc(Br)s3)CC2=O)ccc1C(=O)N1CCCCCC1. The summed E-state index contributed by atoms with van der Waals surface area (Å²) in [4.78, 5) is 42.3. The van der Waals surface area contributed by atoms with Crippen molar-refractivity contribution in [2.45, 2.75) is 45.1 Å². The van der Waals surface area contributed by atoms with Gasteiger partial charge in [0.15, 0.2) is 0 Å². The second-order valence-electron chi connectivity index (χ2n) is 8.19. The van der Waals surface area contributed by atoms with Gasteiger partial charge in [0.2, 0.25) is 5.91 Å². The quantitative estimate of drug-likeness (QED) is 0.673. The minimum atomic E-state index is -0.236. The van der Waals surface area contributed by atoms with Gasteiger partial charge in [0.05, 0.1) is 14.7 Å². The van der Waals surface area contributed by atoms with Crippen molar-refractivity contribution >= 4 is 50.7 Å². The fraction of sp³-hybridized carbons (Fsp3) is 0.435. The highest BCUT2D eigenvalue weighted by Gasteiger charge is 2.32. The van der Waals surface area contributed by atoms with Crippen molar-refractivity contribution in [3.05, 3.63) is 50.1 Å². The molecule has 2 aliphatic heterocycles. The lowest BCUT2D eigenvalue weighted by molar-refractivity contribution is -0.117. The van der Waals surface area contributed by atoms with E-state index in [0.717, 1.165) is 41.0 Å². The first-order valence-corrected chi connectivity index (χ1v) is 12.3. The van der Waals surface area contributed by atoms with Crippen molar-refractivity contribution < 1.29 is 14.4 Å². The minimum Gasteiger partial charge on any atom is -0.346 e. The molecule has 2 saturated heterocycles. The van der Waals surface area contributed by atoms with E-state index in [-0.39, 0.29) is 30.2 Å². The summed E-state index contributed by atoms with van der Waals surface area (Å²) in [7, 11) is 0. The van der Waals surface area contributed by atoms with Gasteiger partial charge in [-0.2, -0.15) is 0 Å². The molecular weight excluding hydrogens is 478 g/mol. The van der Waals surface area contributed by atoms with Crippen LogP contribution in [0.25, 0.3) is 0 Å². The number of hydrogen-bond acceptors (Lipinski definition) is 4. The van der Waals surface area contributed by atoms with E-state index in [1.165, 1.54) is 24.2 Å². The molecule has 2 aromatic rings. The highest BCUT2D eigenvalue weighted by Crippen LogP contribution is 2.27. The normalized spacial score (nSPS) is 19.4. The zero-order chi connectivity index (χ0) is 22.0. The van der Waals surface area contributed by atoms with Crippen LogP contribution in [0.4, 0.5) is 5.69 Å². The first kappa shape index (κ1) is 22.0. The van der Waals surface area contributed by atoms with Crippen LogP contribution in [0, 0.1) is 6.92 Å². The third-order valence-electron chi connectivity index (χ3n) is 5.90.